The summed E-state index contributed by atoms with van der Waals surface area (Å²) in [5.41, 5.74) is 4.63. The van der Waals surface area contributed by atoms with E-state index in [9.17, 15) is 8.78 Å². The van der Waals surface area contributed by atoms with Crippen LogP contribution in [0, 0.1) is 17.5 Å². The monoisotopic (exact) mass is 366 g/mol. The van der Waals surface area contributed by atoms with Crippen LogP contribution in [0.25, 0.3) is 22.3 Å². The molecule has 4 rings (SSSR count). The number of aryl methyl sites for hydroxylation is 1. The van der Waals surface area contributed by atoms with Crippen molar-refractivity contribution in [2.45, 2.75) is 39.0 Å². The van der Waals surface area contributed by atoms with Crippen LogP contribution >= 0.6 is 0 Å². The van der Waals surface area contributed by atoms with E-state index in [4.69, 9.17) is 0 Å². The molecule has 1 aliphatic carbocycles. The van der Waals surface area contributed by atoms with Gasteiger partial charge in [0, 0.05) is 12.0 Å². The van der Waals surface area contributed by atoms with E-state index in [0.29, 0.717) is 23.1 Å². The first-order chi connectivity index (χ1) is 13.1. The van der Waals surface area contributed by atoms with Gasteiger partial charge in [0.05, 0.1) is 5.56 Å². The molecule has 0 fully saturated rings. The molecule has 27 heavy (non-hydrogen) atoms. The summed E-state index contributed by atoms with van der Waals surface area (Å²) in [4.78, 5) is 0. The molecule has 0 aromatic heterocycles. The molecule has 0 nitrogen and oxygen atoms in total. The molecule has 0 unspecified atom stereocenters. The van der Waals surface area contributed by atoms with Gasteiger partial charge in [0.2, 0.25) is 0 Å². The summed E-state index contributed by atoms with van der Waals surface area (Å²) in [6.45, 7) is 2.18. The van der Waals surface area contributed by atoms with Gasteiger partial charge in [-0.1, -0.05) is 50.1 Å². The maximum atomic E-state index is 15.2. The van der Waals surface area contributed by atoms with Crippen molar-refractivity contribution in [3.05, 3.63) is 82.7 Å². The molecule has 3 heteroatoms. The minimum atomic E-state index is -0.613. The van der Waals surface area contributed by atoms with Crippen LogP contribution in [0.5, 0.6) is 0 Å². The highest BCUT2D eigenvalue weighted by Gasteiger charge is 2.27. The summed E-state index contributed by atoms with van der Waals surface area (Å²) < 4.78 is 43.1. The molecule has 3 aromatic rings. The van der Waals surface area contributed by atoms with Crippen molar-refractivity contribution >= 4 is 0 Å². The minimum absolute atomic E-state index is 0.0790. The van der Waals surface area contributed by atoms with E-state index in [0.717, 1.165) is 24.0 Å². The molecule has 0 radical (unpaired) electrons. The van der Waals surface area contributed by atoms with Crippen molar-refractivity contribution in [1.82, 2.24) is 0 Å². The van der Waals surface area contributed by atoms with Gasteiger partial charge in [0.25, 0.3) is 0 Å². The zero-order valence-electron chi connectivity index (χ0n) is 15.3. The molecule has 0 bridgehead atoms. The standard InChI is InChI=1S/C24H21F3/c1-2-3-4-5-15-6-11-19-17(12-15)13-21-20(19)14-22(26)23(24(21)27)16-7-9-18(25)10-8-16/h6-12,14H,2-5,13H2,1H3. The average Bonchev–Trinajstić information content (AvgIpc) is 3.02. The summed E-state index contributed by atoms with van der Waals surface area (Å²) in [5, 5.41) is 0. The summed E-state index contributed by atoms with van der Waals surface area (Å²) in [7, 11) is 0. The Labute approximate surface area is 157 Å². The second-order valence-electron chi connectivity index (χ2n) is 7.21. The van der Waals surface area contributed by atoms with E-state index in [1.165, 1.54) is 48.7 Å². The molecular formula is C24H21F3. The van der Waals surface area contributed by atoms with Gasteiger partial charge in [-0.05, 0) is 58.9 Å². The van der Waals surface area contributed by atoms with Crippen LogP contribution in [-0.2, 0) is 12.8 Å². The Kier molecular flexibility index (Phi) is 4.77. The summed E-state index contributed by atoms with van der Waals surface area (Å²) in [5.74, 6) is -1.58. The molecule has 0 aliphatic heterocycles. The second kappa shape index (κ2) is 7.22. The third-order valence-electron chi connectivity index (χ3n) is 5.35. The van der Waals surface area contributed by atoms with Gasteiger partial charge in [0.15, 0.2) is 0 Å². The van der Waals surface area contributed by atoms with Gasteiger partial charge < -0.3 is 0 Å². The SMILES string of the molecule is CCCCCc1ccc2c(c1)Cc1c-2cc(F)c(-c2ccc(F)cc2)c1F. The lowest BCUT2D eigenvalue weighted by Crippen LogP contribution is -1.97. The lowest BCUT2D eigenvalue weighted by molar-refractivity contribution is 0.583. The largest absolute Gasteiger partial charge is 0.207 e. The van der Waals surface area contributed by atoms with Gasteiger partial charge >= 0.3 is 0 Å². The maximum absolute atomic E-state index is 15.2. The molecular weight excluding hydrogens is 345 g/mol. The van der Waals surface area contributed by atoms with Crippen molar-refractivity contribution in [2.24, 2.45) is 0 Å². The fourth-order valence-electron chi connectivity index (χ4n) is 3.94. The quantitative estimate of drug-likeness (QED) is 0.331. The van der Waals surface area contributed by atoms with Gasteiger partial charge in [0.1, 0.15) is 17.5 Å². The summed E-state index contributed by atoms with van der Waals surface area (Å²) in [6, 6.07) is 12.9. The fraction of sp³-hybridized carbons (Fsp3) is 0.250. The van der Waals surface area contributed by atoms with E-state index in [2.05, 4.69) is 19.1 Å². The summed E-state index contributed by atoms with van der Waals surface area (Å²) in [6.07, 6.45) is 4.98. The maximum Gasteiger partial charge on any atom is 0.138 e. The topological polar surface area (TPSA) is 0 Å². The Balaban J connectivity index is 1.72. The van der Waals surface area contributed by atoms with Crippen LogP contribution in [0.2, 0.25) is 0 Å². The van der Waals surface area contributed by atoms with Crippen LogP contribution in [-0.4, -0.2) is 0 Å². The molecule has 0 saturated heterocycles. The van der Waals surface area contributed by atoms with Crippen molar-refractivity contribution in [1.29, 1.82) is 0 Å². The minimum Gasteiger partial charge on any atom is -0.207 e. The number of hydrogen-bond acceptors (Lipinski definition) is 0. The van der Waals surface area contributed by atoms with Gasteiger partial charge in [-0.25, -0.2) is 13.2 Å². The first-order valence-electron chi connectivity index (χ1n) is 9.47. The molecule has 138 valence electrons. The lowest BCUT2D eigenvalue weighted by atomic mass is 9.97. The Hall–Kier alpha value is -2.55. The van der Waals surface area contributed by atoms with Crippen molar-refractivity contribution in [3.63, 3.8) is 0 Å². The van der Waals surface area contributed by atoms with Gasteiger partial charge in [-0.15, -0.1) is 0 Å². The molecule has 3 aromatic carbocycles. The first-order valence-corrected chi connectivity index (χ1v) is 9.47. The second-order valence-corrected chi connectivity index (χ2v) is 7.21. The Morgan fingerprint density at radius 2 is 1.63 bits per heavy atom. The Morgan fingerprint density at radius 1 is 0.852 bits per heavy atom. The van der Waals surface area contributed by atoms with E-state index in [1.807, 2.05) is 6.07 Å². The number of halogens is 3. The fourth-order valence-corrected chi connectivity index (χ4v) is 3.94. The number of hydrogen-bond donors (Lipinski definition) is 0. The highest BCUT2D eigenvalue weighted by atomic mass is 19.1. The van der Waals surface area contributed by atoms with E-state index in [-0.39, 0.29) is 5.56 Å². The highest BCUT2D eigenvalue weighted by molar-refractivity contribution is 5.81. The van der Waals surface area contributed by atoms with Gasteiger partial charge in [-0.3, -0.25) is 0 Å². The third-order valence-corrected chi connectivity index (χ3v) is 5.35. The number of benzene rings is 3. The molecule has 0 amide bonds. The van der Waals surface area contributed by atoms with Crippen LogP contribution in [0.4, 0.5) is 13.2 Å². The zero-order valence-corrected chi connectivity index (χ0v) is 15.3. The zero-order chi connectivity index (χ0) is 19.0. The summed E-state index contributed by atoms with van der Waals surface area (Å²) >= 11 is 0. The molecule has 0 atom stereocenters. The van der Waals surface area contributed by atoms with Crippen molar-refractivity contribution < 1.29 is 13.2 Å². The van der Waals surface area contributed by atoms with E-state index < -0.39 is 17.5 Å². The first kappa shape index (κ1) is 17.8. The normalized spacial score (nSPS) is 12.1. The predicted octanol–water partition coefficient (Wildman–Crippen LogP) is 7.07. The molecule has 0 heterocycles. The average molecular weight is 366 g/mol. The lowest BCUT2D eigenvalue weighted by Gasteiger charge is -2.10. The van der Waals surface area contributed by atoms with E-state index >= 15 is 4.39 Å². The van der Waals surface area contributed by atoms with Crippen LogP contribution in [0.3, 0.4) is 0 Å². The molecule has 0 spiro atoms. The third kappa shape index (κ3) is 3.27. The van der Waals surface area contributed by atoms with Crippen molar-refractivity contribution in [2.75, 3.05) is 0 Å². The Morgan fingerprint density at radius 3 is 2.37 bits per heavy atom. The predicted molar refractivity (Wildman–Crippen MR) is 103 cm³/mol. The van der Waals surface area contributed by atoms with Gasteiger partial charge in [-0.2, -0.15) is 0 Å². The molecule has 0 N–H and O–H groups in total. The smallest absolute Gasteiger partial charge is 0.138 e. The number of unbranched alkanes of at least 4 members (excludes halogenated alkanes) is 2. The van der Waals surface area contributed by atoms with E-state index in [1.54, 1.807) is 0 Å². The Bertz CT molecular complexity index is 987. The van der Waals surface area contributed by atoms with Crippen LogP contribution < -0.4 is 0 Å². The molecule has 1 aliphatic rings. The number of rotatable bonds is 5. The number of fused-ring (bicyclic) bond motifs is 3. The highest BCUT2D eigenvalue weighted by Crippen LogP contribution is 2.42. The van der Waals surface area contributed by atoms with Crippen molar-refractivity contribution in [3.8, 4) is 22.3 Å². The molecule has 0 saturated carbocycles. The van der Waals surface area contributed by atoms with Crippen LogP contribution in [0.15, 0.2) is 48.5 Å². The van der Waals surface area contributed by atoms with Crippen LogP contribution in [0.1, 0.15) is 42.9 Å².